The average Bonchev–Trinajstić information content (AvgIpc) is 2.95. The molecule has 1 N–H and O–H groups in total. The standard InChI is InChI=1S/C14H25N3O/c1-4-14(7-5-6-8-14)13-16-15-12(10-18)17(13)9-11(2)3/h11,18H,4-10H2,1-3H3. The first kappa shape index (κ1) is 13.5. The smallest absolute Gasteiger partial charge is 0.158 e. The lowest BCUT2D eigenvalue weighted by Crippen LogP contribution is -2.27. The maximum Gasteiger partial charge on any atom is 0.158 e. The lowest BCUT2D eigenvalue weighted by atomic mass is 9.82. The third kappa shape index (κ3) is 2.30. The first-order chi connectivity index (χ1) is 8.63. The van der Waals surface area contributed by atoms with E-state index in [4.69, 9.17) is 0 Å². The van der Waals surface area contributed by atoms with Crippen LogP contribution in [0.25, 0.3) is 0 Å². The fourth-order valence-electron chi connectivity index (χ4n) is 3.19. The van der Waals surface area contributed by atoms with E-state index in [0.29, 0.717) is 5.92 Å². The monoisotopic (exact) mass is 251 g/mol. The molecule has 102 valence electrons. The van der Waals surface area contributed by atoms with Crippen molar-refractivity contribution in [2.45, 2.75) is 71.4 Å². The second-order valence-corrected chi connectivity index (χ2v) is 5.94. The molecule has 0 aromatic carbocycles. The molecule has 0 aliphatic heterocycles. The number of aromatic nitrogens is 3. The van der Waals surface area contributed by atoms with Crippen LogP contribution in [-0.4, -0.2) is 19.9 Å². The van der Waals surface area contributed by atoms with Gasteiger partial charge in [-0.2, -0.15) is 0 Å². The lowest BCUT2D eigenvalue weighted by molar-refractivity contribution is 0.259. The molecule has 0 unspecified atom stereocenters. The van der Waals surface area contributed by atoms with Crippen LogP contribution in [0, 0.1) is 5.92 Å². The summed E-state index contributed by atoms with van der Waals surface area (Å²) in [6.07, 6.45) is 6.12. The Morgan fingerprint density at radius 1 is 1.28 bits per heavy atom. The summed E-state index contributed by atoms with van der Waals surface area (Å²) in [5.41, 5.74) is 0.204. The van der Waals surface area contributed by atoms with Gasteiger partial charge in [0.05, 0.1) is 0 Å². The fraction of sp³-hybridized carbons (Fsp3) is 0.857. The Hall–Kier alpha value is -0.900. The van der Waals surface area contributed by atoms with Gasteiger partial charge in [-0.05, 0) is 25.2 Å². The van der Waals surface area contributed by atoms with Gasteiger partial charge in [0, 0.05) is 12.0 Å². The molecule has 4 nitrogen and oxygen atoms in total. The van der Waals surface area contributed by atoms with Gasteiger partial charge in [-0.1, -0.05) is 33.6 Å². The number of hydrogen-bond donors (Lipinski definition) is 1. The van der Waals surface area contributed by atoms with Gasteiger partial charge in [0.1, 0.15) is 12.4 Å². The molecule has 18 heavy (non-hydrogen) atoms. The Labute approximate surface area is 109 Å². The van der Waals surface area contributed by atoms with E-state index < -0.39 is 0 Å². The van der Waals surface area contributed by atoms with Crippen LogP contribution in [0.15, 0.2) is 0 Å². The van der Waals surface area contributed by atoms with Gasteiger partial charge in [-0.25, -0.2) is 0 Å². The Morgan fingerprint density at radius 2 is 1.94 bits per heavy atom. The normalized spacial score (nSPS) is 18.7. The van der Waals surface area contributed by atoms with Crippen molar-refractivity contribution in [1.29, 1.82) is 0 Å². The molecule has 1 aliphatic rings. The summed E-state index contributed by atoms with van der Waals surface area (Å²) in [6.45, 7) is 7.52. The highest BCUT2D eigenvalue weighted by Crippen LogP contribution is 2.43. The summed E-state index contributed by atoms with van der Waals surface area (Å²) in [7, 11) is 0. The largest absolute Gasteiger partial charge is 0.388 e. The molecule has 4 heteroatoms. The quantitative estimate of drug-likeness (QED) is 0.875. The van der Waals surface area contributed by atoms with E-state index in [9.17, 15) is 5.11 Å². The molecule has 1 aromatic heterocycles. The number of aliphatic hydroxyl groups is 1. The second-order valence-electron chi connectivity index (χ2n) is 5.94. The van der Waals surface area contributed by atoms with Crippen molar-refractivity contribution in [2.75, 3.05) is 0 Å². The van der Waals surface area contributed by atoms with Crippen LogP contribution >= 0.6 is 0 Å². The zero-order chi connectivity index (χ0) is 13.2. The topological polar surface area (TPSA) is 50.9 Å². The van der Waals surface area contributed by atoms with Gasteiger partial charge in [0.25, 0.3) is 0 Å². The number of hydrogen-bond acceptors (Lipinski definition) is 3. The van der Waals surface area contributed by atoms with Gasteiger partial charge in [-0.3, -0.25) is 0 Å². The molecule has 0 amide bonds. The van der Waals surface area contributed by atoms with Gasteiger partial charge >= 0.3 is 0 Å². The first-order valence-corrected chi connectivity index (χ1v) is 7.16. The van der Waals surface area contributed by atoms with E-state index >= 15 is 0 Å². The van der Waals surface area contributed by atoms with E-state index in [1.807, 2.05) is 0 Å². The summed E-state index contributed by atoms with van der Waals surface area (Å²) in [5.74, 6) is 2.37. The maximum atomic E-state index is 9.42. The van der Waals surface area contributed by atoms with Crippen LogP contribution < -0.4 is 0 Å². The van der Waals surface area contributed by atoms with Crippen molar-refractivity contribution in [1.82, 2.24) is 14.8 Å². The molecule has 0 spiro atoms. The van der Waals surface area contributed by atoms with E-state index in [0.717, 1.165) is 24.6 Å². The van der Waals surface area contributed by atoms with Crippen LogP contribution in [0.2, 0.25) is 0 Å². The summed E-state index contributed by atoms with van der Waals surface area (Å²) in [4.78, 5) is 0. The van der Waals surface area contributed by atoms with Crippen LogP contribution in [0.5, 0.6) is 0 Å². The van der Waals surface area contributed by atoms with Gasteiger partial charge in [0.15, 0.2) is 5.82 Å². The number of nitrogens with zero attached hydrogens (tertiary/aromatic N) is 3. The Balaban J connectivity index is 2.39. The minimum atomic E-state index is -0.0144. The molecule has 1 heterocycles. The molecule has 0 bridgehead atoms. The predicted octanol–water partition coefficient (Wildman–Crippen LogP) is 2.65. The molecule has 1 fully saturated rings. The highest BCUT2D eigenvalue weighted by Gasteiger charge is 2.38. The van der Waals surface area contributed by atoms with Crippen LogP contribution in [0.4, 0.5) is 0 Å². The van der Waals surface area contributed by atoms with Crippen molar-refractivity contribution in [3.05, 3.63) is 11.6 Å². The van der Waals surface area contributed by atoms with E-state index in [1.54, 1.807) is 0 Å². The predicted molar refractivity (Wildman–Crippen MR) is 71.2 cm³/mol. The van der Waals surface area contributed by atoms with Gasteiger partial charge in [0.2, 0.25) is 0 Å². The van der Waals surface area contributed by atoms with Crippen molar-refractivity contribution >= 4 is 0 Å². The van der Waals surface area contributed by atoms with Gasteiger partial charge < -0.3 is 9.67 Å². The second kappa shape index (κ2) is 5.39. The van der Waals surface area contributed by atoms with Crippen molar-refractivity contribution in [3.63, 3.8) is 0 Å². The fourth-order valence-corrected chi connectivity index (χ4v) is 3.19. The zero-order valence-electron chi connectivity index (χ0n) is 11.8. The minimum absolute atomic E-state index is 0.0144. The molecule has 0 radical (unpaired) electrons. The Morgan fingerprint density at radius 3 is 2.44 bits per heavy atom. The van der Waals surface area contributed by atoms with Crippen LogP contribution in [0.1, 0.15) is 64.5 Å². The maximum absolute atomic E-state index is 9.42. The summed E-state index contributed by atoms with van der Waals surface area (Å²) >= 11 is 0. The first-order valence-electron chi connectivity index (χ1n) is 7.16. The summed E-state index contributed by atoms with van der Waals surface area (Å²) in [5, 5.41) is 18.0. The molecular weight excluding hydrogens is 226 g/mol. The van der Waals surface area contributed by atoms with Gasteiger partial charge in [-0.15, -0.1) is 10.2 Å². The SMILES string of the molecule is CCC1(c2nnc(CO)n2CC(C)C)CCCC1. The van der Waals surface area contributed by atoms with Crippen LogP contribution in [-0.2, 0) is 18.6 Å². The summed E-state index contributed by atoms with van der Waals surface area (Å²) < 4.78 is 2.17. The van der Waals surface area contributed by atoms with Crippen molar-refractivity contribution in [2.24, 2.45) is 5.92 Å². The van der Waals surface area contributed by atoms with E-state index in [-0.39, 0.29) is 12.0 Å². The molecular formula is C14H25N3O. The Kier molecular flexibility index (Phi) is 4.05. The highest BCUT2D eigenvalue weighted by atomic mass is 16.3. The average molecular weight is 251 g/mol. The summed E-state index contributed by atoms with van der Waals surface area (Å²) in [6, 6.07) is 0. The molecule has 1 saturated carbocycles. The zero-order valence-corrected chi connectivity index (χ0v) is 11.8. The lowest BCUT2D eigenvalue weighted by Gasteiger charge is -2.27. The molecule has 1 aromatic rings. The van der Waals surface area contributed by atoms with Crippen molar-refractivity contribution in [3.8, 4) is 0 Å². The molecule has 1 aliphatic carbocycles. The molecule has 0 atom stereocenters. The number of rotatable bonds is 5. The Bertz CT molecular complexity index is 392. The van der Waals surface area contributed by atoms with Crippen molar-refractivity contribution < 1.29 is 5.11 Å². The third-order valence-electron chi connectivity index (χ3n) is 4.23. The van der Waals surface area contributed by atoms with E-state index in [1.165, 1.54) is 25.7 Å². The molecule has 2 rings (SSSR count). The number of aliphatic hydroxyl groups excluding tert-OH is 1. The molecule has 0 saturated heterocycles. The highest BCUT2D eigenvalue weighted by molar-refractivity contribution is 5.13. The van der Waals surface area contributed by atoms with E-state index in [2.05, 4.69) is 35.5 Å². The van der Waals surface area contributed by atoms with Crippen LogP contribution in [0.3, 0.4) is 0 Å². The third-order valence-corrected chi connectivity index (χ3v) is 4.23. The minimum Gasteiger partial charge on any atom is -0.388 e.